The second-order valence-corrected chi connectivity index (χ2v) is 5.43. The minimum atomic E-state index is -0.392. The Morgan fingerprint density at radius 3 is 2.53 bits per heavy atom. The minimum Gasteiger partial charge on any atom is -0.462 e. The fraction of sp³-hybridized carbons (Fsp3) is 0.538. The number of carbonyl (C=O) groups is 2. The van der Waals surface area contributed by atoms with Crippen molar-refractivity contribution < 1.29 is 14.3 Å². The molecule has 1 unspecified atom stereocenters. The number of ether oxygens (including phenoxy) is 1. The van der Waals surface area contributed by atoms with Crippen molar-refractivity contribution in [2.75, 3.05) is 19.0 Å². The molecule has 1 heterocycles. The Morgan fingerprint density at radius 1 is 1.37 bits per heavy atom. The maximum Gasteiger partial charge on any atom is 0.341 e. The van der Waals surface area contributed by atoms with Crippen LogP contribution in [-0.2, 0) is 9.53 Å². The zero-order chi connectivity index (χ0) is 14.6. The maximum atomic E-state index is 11.9. The van der Waals surface area contributed by atoms with Crippen molar-refractivity contribution in [1.29, 1.82) is 0 Å². The molecule has 1 aromatic heterocycles. The van der Waals surface area contributed by atoms with Crippen molar-refractivity contribution in [2.24, 2.45) is 0 Å². The highest BCUT2D eigenvalue weighted by atomic mass is 32.1. The van der Waals surface area contributed by atoms with E-state index in [9.17, 15) is 9.59 Å². The number of amides is 1. The van der Waals surface area contributed by atoms with E-state index in [1.165, 1.54) is 11.3 Å². The van der Waals surface area contributed by atoms with Crippen LogP contribution in [0.5, 0.6) is 0 Å². The fourth-order valence-corrected chi connectivity index (χ4v) is 2.57. The van der Waals surface area contributed by atoms with Crippen molar-refractivity contribution >= 4 is 28.2 Å². The van der Waals surface area contributed by atoms with Gasteiger partial charge < -0.3 is 15.4 Å². The lowest BCUT2D eigenvalue weighted by Crippen LogP contribution is -2.35. The molecule has 0 spiro atoms. The molecule has 1 amide bonds. The van der Waals surface area contributed by atoms with Gasteiger partial charge in [0.15, 0.2) is 0 Å². The first-order valence-corrected chi connectivity index (χ1v) is 6.99. The van der Waals surface area contributed by atoms with Crippen LogP contribution in [0.15, 0.2) is 0 Å². The van der Waals surface area contributed by atoms with E-state index in [1.54, 1.807) is 20.9 Å². The van der Waals surface area contributed by atoms with Gasteiger partial charge in [0.25, 0.3) is 0 Å². The Balaban J connectivity index is 3.04. The molecule has 1 aromatic rings. The van der Waals surface area contributed by atoms with Gasteiger partial charge in [0.2, 0.25) is 5.91 Å². The Labute approximate surface area is 117 Å². The molecule has 1 rings (SSSR count). The maximum absolute atomic E-state index is 11.9. The van der Waals surface area contributed by atoms with E-state index in [4.69, 9.17) is 4.74 Å². The van der Waals surface area contributed by atoms with Crippen LogP contribution in [0, 0.1) is 13.8 Å². The summed E-state index contributed by atoms with van der Waals surface area (Å²) in [6, 6.07) is -0.322. The predicted molar refractivity (Wildman–Crippen MR) is 76.9 cm³/mol. The summed E-state index contributed by atoms with van der Waals surface area (Å²) in [5.74, 6) is -0.564. The van der Waals surface area contributed by atoms with Crippen LogP contribution >= 0.6 is 11.3 Å². The summed E-state index contributed by atoms with van der Waals surface area (Å²) >= 11 is 1.39. The van der Waals surface area contributed by atoms with E-state index in [2.05, 4.69) is 10.6 Å². The van der Waals surface area contributed by atoms with Crippen LogP contribution in [0.25, 0.3) is 0 Å². The second kappa shape index (κ2) is 6.68. The SMILES string of the molecule is CCOC(=O)c1c(NC(=O)C(C)NC)sc(C)c1C. The third-order valence-electron chi connectivity index (χ3n) is 2.93. The second-order valence-electron chi connectivity index (χ2n) is 4.21. The van der Waals surface area contributed by atoms with Crippen molar-refractivity contribution in [1.82, 2.24) is 5.32 Å². The number of hydrogen-bond acceptors (Lipinski definition) is 5. The first-order chi connectivity index (χ1) is 8.92. The molecule has 0 saturated heterocycles. The number of anilines is 1. The van der Waals surface area contributed by atoms with Gasteiger partial charge in [-0.1, -0.05) is 0 Å². The third kappa shape index (κ3) is 3.54. The fourth-order valence-electron chi connectivity index (χ4n) is 1.52. The number of likely N-dealkylation sites (N-methyl/N-ethyl adjacent to an activating group) is 1. The van der Waals surface area contributed by atoms with Gasteiger partial charge in [0.05, 0.1) is 18.2 Å². The van der Waals surface area contributed by atoms with E-state index in [1.807, 2.05) is 13.8 Å². The number of nitrogens with one attached hydrogen (secondary N) is 2. The lowest BCUT2D eigenvalue weighted by atomic mass is 10.1. The Morgan fingerprint density at radius 2 is 2.00 bits per heavy atom. The Bertz CT molecular complexity index is 482. The van der Waals surface area contributed by atoms with Gasteiger partial charge in [-0.05, 0) is 40.3 Å². The van der Waals surface area contributed by atoms with Crippen molar-refractivity contribution in [2.45, 2.75) is 33.7 Å². The molecule has 0 aliphatic carbocycles. The highest BCUT2D eigenvalue weighted by Crippen LogP contribution is 2.33. The lowest BCUT2D eigenvalue weighted by molar-refractivity contribution is -0.117. The van der Waals surface area contributed by atoms with Crippen molar-refractivity contribution in [3.8, 4) is 0 Å². The molecule has 5 nitrogen and oxygen atoms in total. The molecule has 0 aromatic carbocycles. The van der Waals surface area contributed by atoms with Gasteiger partial charge >= 0.3 is 5.97 Å². The molecule has 2 N–H and O–H groups in total. The molecule has 0 fully saturated rings. The number of thiophene rings is 1. The largest absolute Gasteiger partial charge is 0.462 e. The molecule has 0 bridgehead atoms. The average molecular weight is 284 g/mol. The molecular weight excluding hydrogens is 264 g/mol. The van der Waals surface area contributed by atoms with Gasteiger partial charge in [-0.25, -0.2) is 4.79 Å². The van der Waals surface area contributed by atoms with Crippen LogP contribution in [-0.4, -0.2) is 31.6 Å². The highest BCUT2D eigenvalue weighted by molar-refractivity contribution is 7.16. The Hall–Kier alpha value is -1.40. The van der Waals surface area contributed by atoms with E-state index >= 15 is 0 Å². The number of hydrogen-bond donors (Lipinski definition) is 2. The number of carbonyl (C=O) groups excluding carboxylic acids is 2. The topological polar surface area (TPSA) is 67.4 Å². The predicted octanol–water partition coefficient (Wildman–Crippen LogP) is 2.09. The van der Waals surface area contributed by atoms with E-state index < -0.39 is 5.97 Å². The molecule has 0 saturated carbocycles. The zero-order valence-corrected chi connectivity index (χ0v) is 12.7. The first-order valence-electron chi connectivity index (χ1n) is 6.17. The van der Waals surface area contributed by atoms with E-state index in [0.29, 0.717) is 17.2 Å². The monoisotopic (exact) mass is 284 g/mol. The number of aryl methyl sites for hydroxylation is 1. The minimum absolute atomic E-state index is 0.172. The molecule has 0 aliphatic heterocycles. The van der Waals surface area contributed by atoms with Crippen LogP contribution in [0.1, 0.15) is 34.6 Å². The summed E-state index contributed by atoms with van der Waals surface area (Å²) in [5.41, 5.74) is 1.32. The summed E-state index contributed by atoms with van der Waals surface area (Å²) in [4.78, 5) is 24.8. The lowest BCUT2D eigenvalue weighted by Gasteiger charge is -2.11. The summed E-state index contributed by atoms with van der Waals surface area (Å²) in [6.07, 6.45) is 0. The van der Waals surface area contributed by atoms with Gasteiger partial charge in [0, 0.05) is 4.88 Å². The normalized spacial score (nSPS) is 12.1. The molecular formula is C13H20N2O3S. The molecule has 19 heavy (non-hydrogen) atoms. The molecule has 106 valence electrons. The number of rotatable bonds is 5. The molecule has 0 radical (unpaired) electrons. The highest BCUT2D eigenvalue weighted by Gasteiger charge is 2.23. The standard InChI is InChI=1S/C13H20N2O3S/c1-6-18-13(17)10-7(2)9(4)19-12(10)15-11(16)8(3)14-5/h8,14H,6H2,1-5H3,(H,15,16). The number of esters is 1. The van der Waals surface area contributed by atoms with Crippen LogP contribution in [0.3, 0.4) is 0 Å². The summed E-state index contributed by atoms with van der Waals surface area (Å²) in [7, 11) is 1.71. The zero-order valence-electron chi connectivity index (χ0n) is 11.9. The molecule has 6 heteroatoms. The van der Waals surface area contributed by atoms with E-state index in [0.717, 1.165) is 10.4 Å². The van der Waals surface area contributed by atoms with Crippen LogP contribution < -0.4 is 10.6 Å². The van der Waals surface area contributed by atoms with Crippen LogP contribution in [0.4, 0.5) is 5.00 Å². The smallest absolute Gasteiger partial charge is 0.341 e. The van der Waals surface area contributed by atoms with Gasteiger partial charge in [0.1, 0.15) is 5.00 Å². The van der Waals surface area contributed by atoms with Crippen molar-refractivity contribution in [3.05, 3.63) is 16.0 Å². The molecule has 0 aliphatic rings. The van der Waals surface area contributed by atoms with Crippen LogP contribution in [0.2, 0.25) is 0 Å². The summed E-state index contributed by atoms with van der Waals surface area (Å²) in [6.45, 7) is 7.60. The summed E-state index contributed by atoms with van der Waals surface area (Å²) in [5, 5.41) is 6.19. The quantitative estimate of drug-likeness (QED) is 0.812. The van der Waals surface area contributed by atoms with Crippen molar-refractivity contribution in [3.63, 3.8) is 0 Å². The summed E-state index contributed by atoms with van der Waals surface area (Å²) < 4.78 is 5.03. The first kappa shape index (κ1) is 15.7. The molecule has 1 atom stereocenters. The van der Waals surface area contributed by atoms with Gasteiger partial charge in [-0.15, -0.1) is 11.3 Å². The van der Waals surface area contributed by atoms with Gasteiger partial charge in [-0.2, -0.15) is 0 Å². The van der Waals surface area contributed by atoms with Gasteiger partial charge in [-0.3, -0.25) is 4.79 Å². The average Bonchev–Trinajstić information content (AvgIpc) is 2.64. The van der Waals surface area contributed by atoms with E-state index in [-0.39, 0.29) is 11.9 Å². The third-order valence-corrected chi connectivity index (χ3v) is 4.05. The Kier molecular flexibility index (Phi) is 5.50.